The van der Waals surface area contributed by atoms with Gasteiger partial charge in [-0.15, -0.1) is 0 Å². The summed E-state index contributed by atoms with van der Waals surface area (Å²) >= 11 is 6.09. The molecule has 0 saturated carbocycles. The monoisotopic (exact) mass is 455 g/mol. The number of benzene rings is 3. The van der Waals surface area contributed by atoms with Crippen molar-refractivity contribution in [2.75, 3.05) is 0 Å². The van der Waals surface area contributed by atoms with Crippen molar-refractivity contribution in [3.63, 3.8) is 0 Å². The minimum absolute atomic E-state index is 0.215. The highest BCUT2D eigenvalue weighted by molar-refractivity contribution is 6.68. The van der Waals surface area contributed by atoms with Crippen molar-refractivity contribution in [2.24, 2.45) is 0 Å². The molecule has 0 saturated heterocycles. The third kappa shape index (κ3) is 3.77. The fourth-order valence-corrected chi connectivity index (χ4v) is 4.36. The average Bonchev–Trinajstić information content (AvgIpc) is 3.17. The van der Waals surface area contributed by atoms with Gasteiger partial charge in [-0.3, -0.25) is 4.79 Å². The lowest BCUT2D eigenvalue weighted by Crippen LogP contribution is -2.06. The highest BCUT2D eigenvalue weighted by Crippen LogP contribution is 2.38. The predicted octanol–water partition coefficient (Wildman–Crippen LogP) is 7.78. The summed E-state index contributed by atoms with van der Waals surface area (Å²) in [5.41, 5.74) is 5.26. The Morgan fingerprint density at radius 3 is 2.45 bits per heavy atom. The van der Waals surface area contributed by atoms with E-state index in [4.69, 9.17) is 25.7 Å². The number of nitrogens with zero attached hydrogens (tertiary/aromatic N) is 1. The van der Waals surface area contributed by atoms with Crippen LogP contribution in [0, 0.1) is 13.8 Å². The SMILES string of the molecule is Cc1c(-c2cc(C(=O)Cl)c3c(O[C@H](C)c4ccccc4)ccc(C)c3n2)oc2ccccc12. The molecule has 4 nitrogen and oxygen atoms in total. The molecule has 2 aromatic heterocycles. The standard InChI is InChI=1S/C28H22ClNO3/c1-16-13-14-24(32-18(3)19-9-5-4-6-10-19)25-21(28(29)31)15-22(30-26(16)25)27-17(2)20-11-7-8-12-23(20)33-27/h4-15,18H,1-3H3/t18-/m1/s1. The molecule has 0 fully saturated rings. The summed E-state index contributed by atoms with van der Waals surface area (Å²) in [6, 6.07) is 23.3. The molecule has 2 heterocycles. The summed E-state index contributed by atoms with van der Waals surface area (Å²) in [5.74, 6) is 1.19. The summed E-state index contributed by atoms with van der Waals surface area (Å²) in [5, 5.41) is 1.05. The molecule has 1 atom stereocenters. The number of rotatable bonds is 5. The molecule has 3 aromatic carbocycles. The Kier molecular flexibility index (Phi) is 5.39. The number of hydrogen-bond acceptors (Lipinski definition) is 4. The van der Waals surface area contributed by atoms with Crippen molar-refractivity contribution in [3.05, 3.63) is 95.1 Å². The smallest absolute Gasteiger partial charge is 0.253 e. The van der Waals surface area contributed by atoms with Crippen molar-refractivity contribution >= 4 is 38.7 Å². The topological polar surface area (TPSA) is 52.3 Å². The predicted molar refractivity (Wildman–Crippen MR) is 132 cm³/mol. The lowest BCUT2D eigenvalue weighted by atomic mass is 10.0. The summed E-state index contributed by atoms with van der Waals surface area (Å²) in [7, 11) is 0. The Hall–Kier alpha value is -3.63. The van der Waals surface area contributed by atoms with Crippen LogP contribution in [-0.2, 0) is 0 Å². The van der Waals surface area contributed by atoms with Gasteiger partial charge in [0.1, 0.15) is 23.1 Å². The zero-order valence-electron chi connectivity index (χ0n) is 18.6. The third-order valence-corrected chi connectivity index (χ3v) is 6.19. The Labute approximate surface area is 196 Å². The number of furan rings is 1. The zero-order valence-corrected chi connectivity index (χ0v) is 19.3. The normalized spacial score (nSPS) is 12.2. The van der Waals surface area contributed by atoms with E-state index in [0.717, 1.165) is 27.7 Å². The second-order valence-electron chi connectivity index (χ2n) is 8.16. The van der Waals surface area contributed by atoms with Crippen molar-refractivity contribution in [3.8, 4) is 17.2 Å². The van der Waals surface area contributed by atoms with Gasteiger partial charge < -0.3 is 9.15 Å². The summed E-state index contributed by atoms with van der Waals surface area (Å²) in [6.45, 7) is 5.92. The fraction of sp³-hybridized carbons (Fsp3) is 0.143. The van der Waals surface area contributed by atoms with Crippen LogP contribution in [0.4, 0.5) is 0 Å². The summed E-state index contributed by atoms with van der Waals surface area (Å²) in [6.07, 6.45) is -0.215. The molecule has 0 radical (unpaired) electrons. The van der Waals surface area contributed by atoms with E-state index >= 15 is 0 Å². The molecule has 164 valence electrons. The van der Waals surface area contributed by atoms with Gasteiger partial charge in [-0.1, -0.05) is 54.6 Å². The van der Waals surface area contributed by atoms with E-state index in [1.165, 1.54) is 0 Å². The molecule has 33 heavy (non-hydrogen) atoms. The lowest BCUT2D eigenvalue weighted by molar-refractivity contribution is 0.108. The van der Waals surface area contributed by atoms with Crippen LogP contribution in [0.3, 0.4) is 0 Å². The van der Waals surface area contributed by atoms with E-state index in [1.807, 2.05) is 87.5 Å². The van der Waals surface area contributed by atoms with Crippen LogP contribution in [0.15, 0.2) is 77.2 Å². The summed E-state index contributed by atoms with van der Waals surface area (Å²) in [4.78, 5) is 17.5. The van der Waals surface area contributed by atoms with Gasteiger partial charge in [-0.25, -0.2) is 4.98 Å². The first kappa shape index (κ1) is 21.2. The molecule has 0 amide bonds. The minimum Gasteiger partial charge on any atom is -0.485 e. The molecule has 0 aliphatic heterocycles. The van der Waals surface area contributed by atoms with E-state index in [1.54, 1.807) is 6.07 Å². The Bertz CT molecular complexity index is 1500. The molecule has 5 aromatic rings. The first-order valence-electron chi connectivity index (χ1n) is 10.8. The average molecular weight is 456 g/mol. The van der Waals surface area contributed by atoms with E-state index < -0.39 is 5.24 Å². The maximum Gasteiger partial charge on any atom is 0.253 e. The second kappa shape index (κ2) is 8.38. The van der Waals surface area contributed by atoms with E-state index in [2.05, 4.69) is 0 Å². The number of aromatic nitrogens is 1. The Morgan fingerprint density at radius 2 is 1.73 bits per heavy atom. The number of carbonyl (C=O) groups excluding carboxylic acids is 1. The van der Waals surface area contributed by atoms with Crippen LogP contribution in [0.1, 0.15) is 40.1 Å². The van der Waals surface area contributed by atoms with Gasteiger partial charge in [0.2, 0.25) is 0 Å². The second-order valence-corrected chi connectivity index (χ2v) is 8.50. The molecule has 5 rings (SSSR count). The number of fused-ring (bicyclic) bond motifs is 2. The van der Waals surface area contributed by atoms with E-state index in [-0.39, 0.29) is 6.10 Å². The van der Waals surface area contributed by atoms with E-state index in [9.17, 15) is 4.79 Å². The highest BCUT2D eigenvalue weighted by Gasteiger charge is 2.22. The van der Waals surface area contributed by atoms with Crippen LogP contribution in [-0.4, -0.2) is 10.2 Å². The molecule has 0 aliphatic carbocycles. The van der Waals surface area contributed by atoms with Gasteiger partial charge in [-0.05, 0) is 61.7 Å². The van der Waals surface area contributed by atoms with Gasteiger partial charge in [0.05, 0.1) is 10.9 Å². The lowest BCUT2D eigenvalue weighted by Gasteiger charge is -2.18. The first-order chi connectivity index (χ1) is 15.9. The molecular weight excluding hydrogens is 434 g/mol. The maximum atomic E-state index is 12.6. The number of para-hydroxylation sites is 1. The number of halogens is 1. The number of carbonyl (C=O) groups is 1. The number of pyridine rings is 1. The van der Waals surface area contributed by atoms with Gasteiger partial charge in [-0.2, -0.15) is 0 Å². The Morgan fingerprint density at radius 1 is 1.00 bits per heavy atom. The van der Waals surface area contributed by atoms with Gasteiger partial charge in [0.15, 0.2) is 5.76 Å². The molecule has 0 aliphatic rings. The quantitative estimate of drug-likeness (QED) is 0.254. The van der Waals surface area contributed by atoms with Crippen LogP contribution in [0.5, 0.6) is 5.75 Å². The number of aryl methyl sites for hydroxylation is 2. The minimum atomic E-state index is -0.569. The molecule has 0 unspecified atom stereocenters. The largest absolute Gasteiger partial charge is 0.485 e. The van der Waals surface area contributed by atoms with Gasteiger partial charge >= 0.3 is 0 Å². The molecule has 0 spiro atoms. The Balaban J connectivity index is 1.70. The van der Waals surface area contributed by atoms with Gasteiger partial charge in [0.25, 0.3) is 5.24 Å². The van der Waals surface area contributed by atoms with Crippen LogP contribution in [0.25, 0.3) is 33.3 Å². The maximum absolute atomic E-state index is 12.6. The number of ether oxygens (including phenoxy) is 1. The molecule has 0 bridgehead atoms. The van der Waals surface area contributed by atoms with Crippen molar-refractivity contribution in [1.29, 1.82) is 0 Å². The molecule has 5 heteroatoms. The fourth-order valence-electron chi connectivity index (χ4n) is 4.21. The summed E-state index contributed by atoms with van der Waals surface area (Å²) < 4.78 is 12.4. The zero-order chi connectivity index (χ0) is 23.1. The molecule has 0 N–H and O–H groups in total. The van der Waals surface area contributed by atoms with Gasteiger partial charge in [0, 0.05) is 16.5 Å². The van der Waals surface area contributed by atoms with Crippen LogP contribution in [0.2, 0.25) is 0 Å². The first-order valence-corrected chi connectivity index (χ1v) is 11.2. The van der Waals surface area contributed by atoms with Crippen molar-refractivity contribution in [2.45, 2.75) is 26.9 Å². The highest BCUT2D eigenvalue weighted by atomic mass is 35.5. The number of hydrogen-bond donors (Lipinski definition) is 0. The van der Waals surface area contributed by atoms with Crippen LogP contribution >= 0.6 is 11.6 Å². The third-order valence-electron chi connectivity index (χ3n) is 5.98. The van der Waals surface area contributed by atoms with Crippen LogP contribution < -0.4 is 4.74 Å². The van der Waals surface area contributed by atoms with Crippen molar-refractivity contribution < 1.29 is 13.9 Å². The van der Waals surface area contributed by atoms with E-state index in [0.29, 0.717) is 33.7 Å². The van der Waals surface area contributed by atoms with Crippen molar-refractivity contribution in [1.82, 2.24) is 4.98 Å². The molecular formula is C28H22ClNO3.